The van der Waals surface area contributed by atoms with Crippen LogP contribution in [0.1, 0.15) is 44.8 Å². The van der Waals surface area contributed by atoms with Gasteiger partial charge < -0.3 is 23.8 Å². The molecule has 36 heavy (non-hydrogen) atoms. The largest absolute Gasteiger partial charge is 0.493 e. The molecule has 0 fully saturated rings. The second-order valence-electron chi connectivity index (χ2n) is 8.21. The van der Waals surface area contributed by atoms with Gasteiger partial charge in [0.1, 0.15) is 18.2 Å². The Hall–Kier alpha value is -4.07. The molecule has 1 aliphatic rings. The fraction of sp³-hybridized carbons (Fsp3) is 0.286. The molecule has 0 saturated heterocycles. The maximum absolute atomic E-state index is 14.5. The van der Waals surface area contributed by atoms with Crippen LogP contribution < -0.4 is 14.2 Å². The lowest BCUT2D eigenvalue weighted by Gasteiger charge is -2.37. The summed E-state index contributed by atoms with van der Waals surface area (Å²) in [6, 6.07) is 15.8. The van der Waals surface area contributed by atoms with Gasteiger partial charge in [-0.05, 0) is 73.0 Å². The normalized spacial score (nSPS) is 14.6. The second-order valence-corrected chi connectivity index (χ2v) is 8.21. The number of nitrogens with zero attached hydrogens (tertiary/aromatic N) is 1. The third-order valence-electron chi connectivity index (χ3n) is 6.14. The zero-order chi connectivity index (χ0) is 25.7. The van der Waals surface area contributed by atoms with E-state index in [-0.39, 0.29) is 18.8 Å². The van der Waals surface area contributed by atoms with Gasteiger partial charge in [0.25, 0.3) is 5.91 Å². The number of rotatable bonds is 8. The van der Waals surface area contributed by atoms with E-state index < -0.39 is 23.7 Å². The molecule has 0 aliphatic carbocycles. The van der Waals surface area contributed by atoms with Gasteiger partial charge >= 0.3 is 5.97 Å². The zero-order valence-electron chi connectivity index (χ0n) is 20.5. The van der Waals surface area contributed by atoms with Crippen molar-refractivity contribution in [1.29, 1.82) is 0 Å². The van der Waals surface area contributed by atoms with Crippen LogP contribution in [0.3, 0.4) is 0 Å². The van der Waals surface area contributed by atoms with E-state index in [9.17, 15) is 14.0 Å². The number of esters is 1. The molecule has 0 N–H and O–H groups in total. The number of hydrogen-bond donors (Lipinski definition) is 0. The van der Waals surface area contributed by atoms with Crippen LogP contribution in [-0.2, 0) is 11.2 Å². The van der Waals surface area contributed by atoms with Crippen LogP contribution in [0.5, 0.6) is 17.2 Å². The summed E-state index contributed by atoms with van der Waals surface area (Å²) in [7, 11) is 3.12. The van der Waals surface area contributed by atoms with Crippen molar-refractivity contribution in [2.75, 3.05) is 34.0 Å². The third kappa shape index (κ3) is 5.12. The van der Waals surface area contributed by atoms with Crippen LogP contribution >= 0.6 is 0 Å². The Bertz CT molecular complexity index is 1240. The quantitative estimate of drug-likeness (QED) is 0.418. The number of carbonyl (C=O) groups excluding carboxylic acids is 2. The van der Waals surface area contributed by atoms with Crippen molar-refractivity contribution in [1.82, 2.24) is 4.90 Å². The lowest BCUT2D eigenvalue weighted by atomic mass is 9.91. The molecule has 0 bridgehead atoms. The van der Waals surface area contributed by atoms with Gasteiger partial charge in [-0.3, -0.25) is 4.79 Å². The van der Waals surface area contributed by atoms with Crippen molar-refractivity contribution in [2.45, 2.75) is 19.4 Å². The highest BCUT2D eigenvalue weighted by atomic mass is 19.1. The molecule has 7 nitrogen and oxygen atoms in total. The minimum atomic E-state index is -0.574. The number of ether oxygens (including phenoxy) is 4. The molecule has 8 heteroatoms. The van der Waals surface area contributed by atoms with Crippen LogP contribution in [0.4, 0.5) is 4.39 Å². The number of amides is 1. The Kier molecular flexibility index (Phi) is 7.73. The molecular formula is C28H28FNO6. The molecule has 1 heterocycles. The van der Waals surface area contributed by atoms with E-state index in [1.54, 1.807) is 62.4 Å². The van der Waals surface area contributed by atoms with E-state index in [4.69, 9.17) is 18.9 Å². The number of benzene rings is 3. The Morgan fingerprint density at radius 1 is 1.00 bits per heavy atom. The summed E-state index contributed by atoms with van der Waals surface area (Å²) in [6.07, 6.45) is 0.570. The second kappa shape index (κ2) is 11.1. The van der Waals surface area contributed by atoms with Crippen molar-refractivity contribution in [2.24, 2.45) is 0 Å². The summed E-state index contributed by atoms with van der Waals surface area (Å²) in [5.41, 5.74) is 2.26. The van der Waals surface area contributed by atoms with E-state index in [2.05, 4.69) is 0 Å². The summed E-state index contributed by atoms with van der Waals surface area (Å²) < 4.78 is 36.5. The summed E-state index contributed by atoms with van der Waals surface area (Å²) in [5.74, 6) is 0.246. The van der Waals surface area contributed by atoms with Gasteiger partial charge in [0.05, 0.1) is 38.0 Å². The summed E-state index contributed by atoms with van der Waals surface area (Å²) in [5, 5.41) is 0. The topological polar surface area (TPSA) is 74.3 Å². The minimum absolute atomic E-state index is 0.00483. The summed E-state index contributed by atoms with van der Waals surface area (Å²) in [6.45, 7) is 2.53. The predicted molar refractivity (Wildman–Crippen MR) is 131 cm³/mol. The van der Waals surface area contributed by atoms with Crippen LogP contribution in [0.2, 0.25) is 0 Å². The molecule has 1 amide bonds. The van der Waals surface area contributed by atoms with Crippen LogP contribution in [0, 0.1) is 5.82 Å². The molecule has 1 atom stereocenters. The first-order valence-corrected chi connectivity index (χ1v) is 11.7. The highest BCUT2D eigenvalue weighted by molar-refractivity contribution is 5.95. The van der Waals surface area contributed by atoms with Gasteiger partial charge in [0, 0.05) is 6.54 Å². The maximum Gasteiger partial charge on any atom is 0.338 e. The molecule has 3 aromatic rings. The van der Waals surface area contributed by atoms with E-state index in [1.165, 1.54) is 12.1 Å². The van der Waals surface area contributed by atoms with Crippen molar-refractivity contribution in [3.8, 4) is 17.2 Å². The molecular weight excluding hydrogens is 465 g/mol. The number of halogens is 1. The van der Waals surface area contributed by atoms with Gasteiger partial charge in [-0.25, -0.2) is 9.18 Å². The fourth-order valence-electron chi connectivity index (χ4n) is 4.32. The van der Waals surface area contributed by atoms with Gasteiger partial charge in [-0.1, -0.05) is 12.1 Å². The molecule has 0 saturated carbocycles. The maximum atomic E-state index is 14.5. The van der Waals surface area contributed by atoms with E-state index >= 15 is 0 Å². The third-order valence-corrected chi connectivity index (χ3v) is 6.14. The fourth-order valence-corrected chi connectivity index (χ4v) is 4.32. The van der Waals surface area contributed by atoms with Crippen molar-refractivity contribution in [3.05, 3.63) is 88.7 Å². The highest BCUT2D eigenvalue weighted by Crippen LogP contribution is 2.39. The van der Waals surface area contributed by atoms with Crippen molar-refractivity contribution in [3.63, 3.8) is 0 Å². The number of hydrogen-bond acceptors (Lipinski definition) is 6. The standard InChI is InChI=1S/C28H28FNO6/c1-4-35-28(32)18-9-11-20(12-10-18)36-17-24-22-16-26(34-3)25(33-2)15-19(22)13-14-30(24)27(31)21-7-5-6-8-23(21)29/h5-12,15-16,24H,4,13-14,17H2,1-3H3/t24-/m0/s1. The zero-order valence-corrected chi connectivity index (χ0v) is 20.5. The number of carbonyl (C=O) groups is 2. The van der Waals surface area contributed by atoms with E-state index in [0.29, 0.717) is 35.8 Å². The smallest absolute Gasteiger partial charge is 0.338 e. The summed E-state index contributed by atoms with van der Waals surface area (Å²) in [4.78, 5) is 27.0. The van der Waals surface area contributed by atoms with Gasteiger partial charge in [-0.2, -0.15) is 0 Å². The lowest BCUT2D eigenvalue weighted by molar-refractivity contribution is 0.0524. The molecule has 0 unspecified atom stereocenters. The number of methoxy groups -OCH3 is 2. The van der Waals surface area contributed by atoms with E-state index in [0.717, 1.165) is 11.1 Å². The molecule has 4 rings (SSSR count). The first kappa shape index (κ1) is 25.0. The highest BCUT2D eigenvalue weighted by Gasteiger charge is 2.34. The molecule has 188 valence electrons. The molecule has 0 aromatic heterocycles. The first-order chi connectivity index (χ1) is 17.5. The predicted octanol–water partition coefficient (Wildman–Crippen LogP) is 4.84. The Morgan fingerprint density at radius 2 is 1.69 bits per heavy atom. The Labute approximate surface area is 209 Å². The van der Waals surface area contributed by atoms with Crippen molar-refractivity contribution >= 4 is 11.9 Å². The van der Waals surface area contributed by atoms with Crippen molar-refractivity contribution < 1.29 is 32.9 Å². The molecule has 3 aromatic carbocycles. The summed E-state index contributed by atoms with van der Waals surface area (Å²) >= 11 is 0. The molecule has 1 aliphatic heterocycles. The van der Waals surface area contributed by atoms with Crippen LogP contribution in [0.15, 0.2) is 60.7 Å². The number of fused-ring (bicyclic) bond motifs is 1. The van der Waals surface area contributed by atoms with Crippen LogP contribution in [0.25, 0.3) is 0 Å². The minimum Gasteiger partial charge on any atom is -0.493 e. The van der Waals surface area contributed by atoms with Crippen LogP contribution in [-0.4, -0.2) is 50.8 Å². The monoisotopic (exact) mass is 493 g/mol. The van der Waals surface area contributed by atoms with Gasteiger partial charge in [0.15, 0.2) is 11.5 Å². The first-order valence-electron chi connectivity index (χ1n) is 11.7. The average molecular weight is 494 g/mol. The SMILES string of the molecule is CCOC(=O)c1ccc(OC[C@H]2c3cc(OC)c(OC)cc3CCN2C(=O)c2ccccc2F)cc1. The van der Waals surface area contributed by atoms with Gasteiger partial charge in [-0.15, -0.1) is 0 Å². The average Bonchev–Trinajstić information content (AvgIpc) is 2.91. The molecule has 0 spiro atoms. The van der Waals surface area contributed by atoms with Gasteiger partial charge in [0.2, 0.25) is 0 Å². The Balaban J connectivity index is 1.65. The lowest BCUT2D eigenvalue weighted by Crippen LogP contribution is -2.43. The van der Waals surface area contributed by atoms with E-state index in [1.807, 2.05) is 12.1 Å². The molecule has 0 radical (unpaired) electrons. The Morgan fingerprint density at radius 3 is 2.36 bits per heavy atom.